The molecule has 0 unspecified atom stereocenters. The molecule has 16 heavy (non-hydrogen) atoms. The zero-order valence-corrected chi connectivity index (χ0v) is 11.6. The first kappa shape index (κ1) is 15.6. The molecule has 0 fully saturated rings. The van der Waals surface area contributed by atoms with Crippen molar-refractivity contribution in [3.05, 3.63) is 36.5 Å². The maximum atomic E-state index is 4.20. The van der Waals surface area contributed by atoms with Crippen LogP contribution in [0.2, 0.25) is 0 Å². The van der Waals surface area contributed by atoms with Crippen LogP contribution in [0.4, 0.5) is 0 Å². The van der Waals surface area contributed by atoms with Crippen molar-refractivity contribution in [3.63, 3.8) is 0 Å². The zero-order chi connectivity index (χ0) is 12.4. The normalized spacial score (nSPS) is 10.1. The fourth-order valence-electron chi connectivity index (χ4n) is 1.59. The fourth-order valence-corrected chi connectivity index (χ4v) is 1.91. The maximum Gasteiger partial charge on any atom is -0.00607 e. The molecule has 0 radical (unpaired) electrons. The van der Waals surface area contributed by atoms with Gasteiger partial charge < -0.3 is 0 Å². The van der Waals surface area contributed by atoms with Crippen LogP contribution in [0.1, 0.15) is 51.9 Å². The minimum atomic E-state index is 0.901. The van der Waals surface area contributed by atoms with Gasteiger partial charge in [-0.3, -0.25) is 0 Å². The summed E-state index contributed by atoms with van der Waals surface area (Å²) in [4.78, 5) is 0. The van der Waals surface area contributed by atoms with Crippen LogP contribution in [0.3, 0.4) is 0 Å². The summed E-state index contributed by atoms with van der Waals surface area (Å²) < 4.78 is 0. The molecule has 0 aromatic rings. The van der Waals surface area contributed by atoms with E-state index in [1.165, 1.54) is 23.1 Å². The van der Waals surface area contributed by atoms with Gasteiger partial charge in [0.05, 0.1) is 0 Å². The Hall–Kier alpha value is -0.430. The average molecular weight is 238 g/mol. The summed E-state index contributed by atoms with van der Waals surface area (Å²) in [7, 11) is 0. The molecule has 0 aliphatic carbocycles. The van der Waals surface area contributed by atoms with E-state index < -0.39 is 0 Å². The standard InChI is InChI=1S/C15H26S/c1-5-6-13(2)7-8-14(3)9-10-15(4)11-12-16/h16H,2-12H2,1H3. The predicted octanol–water partition coefficient (Wildman–Crippen LogP) is 5.34. The van der Waals surface area contributed by atoms with Crippen molar-refractivity contribution in [2.75, 3.05) is 5.75 Å². The van der Waals surface area contributed by atoms with Crippen LogP contribution in [-0.4, -0.2) is 5.75 Å². The molecule has 0 rings (SSSR count). The van der Waals surface area contributed by atoms with Crippen LogP contribution in [-0.2, 0) is 0 Å². The molecular weight excluding hydrogens is 212 g/mol. The van der Waals surface area contributed by atoms with E-state index >= 15 is 0 Å². The van der Waals surface area contributed by atoms with Crippen LogP contribution in [0.5, 0.6) is 0 Å². The van der Waals surface area contributed by atoms with Gasteiger partial charge in [-0.15, -0.1) is 0 Å². The van der Waals surface area contributed by atoms with Crippen molar-refractivity contribution in [3.8, 4) is 0 Å². The lowest BCUT2D eigenvalue weighted by Crippen LogP contribution is -1.89. The fraction of sp³-hybridized carbons (Fsp3) is 0.600. The Balaban J connectivity index is 3.59. The van der Waals surface area contributed by atoms with Gasteiger partial charge in [0.2, 0.25) is 0 Å². The van der Waals surface area contributed by atoms with E-state index in [9.17, 15) is 0 Å². The van der Waals surface area contributed by atoms with E-state index in [-0.39, 0.29) is 0 Å². The number of rotatable bonds is 10. The Morgan fingerprint density at radius 3 is 1.50 bits per heavy atom. The van der Waals surface area contributed by atoms with Crippen LogP contribution < -0.4 is 0 Å². The Morgan fingerprint density at radius 1 is 0.750 bits per heavy atom. The second kappa shape index (κ2) is 9.77. The molecule has 0 spiro atoms. The molecule has 0 aliphatic heterocycles. The van der Waals surface area contributed by atoms with E-state index in [1.807, 2.05) is 0 Å². The van der Waals surface area contributed by atoms with E-state index in [0.717, 1.165) is 44.3 Å². The Kier molecular flexibility index (Phi) is 9.51. The third kappa shape index (κ3) is 8.84. The molecule has 0 nitrogen and oxygen atoms in total. The topological polar surface area (TPSA) is 0 Å². The Morgan fingerprint density at radius 2 is 1.12 bits per heavy atom. The largest absolute Gasteiger partial charge is 0.179 e. The van der Waals surface area contributed by atoms with Gasteiger partial charge in [-0.1, -0.05) is 49.8 Å². The molecule has 0 amide bonds. The molecule has 0 bridgehead atoms. The van der Waals surface area contributed by atoms with Crippen molar-refractivity contribution < 1.29 is 0 Å². The highest BCUT2D eigenvalue weighted by molar-refractivity contribution is 7.80. The number of allylic oxidation sites excluding steroid dienone is 3. The maximum absolute atomic E-state index is 4.20. The van der Waals surface area contributed by atoms with Gasteiger partial charge in [0.1, 0.15) is 0 Å². The van der Waals surface area contributed by atoms with E-state index in [2.05, 4.69) is 39.3 Å². The van der Waals surface area contributed by atoms with Gasteiger partial charge in [-0.05, 0) is 44.3 Å². The summed E-state index contributed by atoms with van der Waals surface area (Å²) >= 11 is 4.20. The van der Waals surface area contributed by atoms with Gasteiger partial charge >= 0.3 is 0 Å². The van der Waals surface area contributed by atoms with Gasteiger partial charge in [-0.2, -0.15) is 12.6 Å². The number of hydrogen-bond donors (Lipinski definition) is 1. The summed E-state index contributed by atoms with van der Waals surface area (Å²) in [6.45, 7) is 14.4. The first-order chi connectivity index (χ1) is 7.60. The quantitative estimate of drug-likeness (QED) is 0.386. The molecule has 0 saturated heterocycles. The second-order valence-corrected chi connectivity index (χ2v) is 4.92. The van der Waals surface area contributed by atoms with Gasteiger partial charge in [0, 0.05) is 0 Å². The van der Waals surface area contributed by atoms with E-state index in [1.54, 1.807) is 0 Å². The Bertz CT molecular complexity index is 214. The summed E-state index contributed by atoms with van der Waals surface area (Å²) in [5.41, 5.74) is 3.99. The monoisotopic (exact) mass is 238 g/mol. The first-order valence-electron chi connectivity index (χ1n) is 6.21. The Labute approximate surface area is 107 Å². The highest BCUT2D eigenvalue weighted by Gasteiger charge is 1.99. The third-order valence-electron chi connectivity index (χ3n) is 2.73. The smallest absolute Gasteiger partial charge is 0.00607 e. The highest BCUT2D eigenvalue weighted by atomic mass is 32.1. The minimum Gasteiger partial charge on any atom is -0.179 e. The van der Waals surface area contributed by atoms with Crippen molar-refractivity contribution in [1.29, 1.82) is 0 Å². The van der Waals surface area contributed by atoms with Crippen molar-refractivity contribution in [1.82, 2.24) is 0 Å². The van der Waals surface area contributed by atoms with Gasteiger partial charge in [0.15, 0.2) is 0 Å². The summed E-state index contributed by atoms with van der Waals surface area (Å²) in [6, 6.07) is 0. The molecule has 0 aromatic carbocycles. The number of thiol groups is 1. The van der Waals surface area contributed by atoms with Crippen LogP contribution >= 0.6 is 12.6 Å². The van der Waals surface area contributed by atoms with Crippen molar-refractivity contribution >= 4 is 12.6 Å². The molecule has 0 heterocycles. The number of hydrogen-bond acceptors (Lipinski definition) is 1. The molecule has 0 atom stereocenters. The average Bonchev–Trinajstić information content (AvgIpc) is 2.24. The lowest BCUT2D eigenvalue weighted by Gasteiger charge is -2.08. The second-order valence-electron chi connectivity index (χ2n) is 4.47. The van der Waals surface area contributed by atoms with E-state index in [0.29, 0.717) is 0 Å². The molecule has 0 aliphatic rings. The summed E-state index contributed by atoms with van der Waals surface area (Å²) in [5.74, 6) is 0.901. The SMILES string of the molecule is C=C(CCC)CCC(=C)CCC(=C)CCS. The van der Waals surface area contributed by atoms with Crippen molar-refractivity contribution in [2.45, 2.75) is 51.9 Å². The third-order valence-corrected chi connectivity index (χ3v) is 2.96. The predicted molar refractivity (Wildman–Crippen MR) is 79.3 cm³/mol. The van der Waals surface area contributed by atoms with Gasteiger partial charge in [-0.25, -0.2) is 0 Å². The molecule has 0 N–H and O–H groups in total. The van der Waals surface area contributed by atoms with E-state index in [4.69, 9.17) is 0 Å². The molecule has 1 heteroatoms. The minimum absolute atomic E-state index is 0.901. The van der Waals surface area contributed by atoms with Crippen molar-refractivity contribution in [2.24, 2.45) is 0 Å². The molecule has 0 aromatic heterocycles. The molecule has 0 saturated carbocycles. The lowest BCUT2D eigenvalue weighted by atomic mass is 9.98. The molecule has 92 valence electrons. The summed E-state index contributed by atoms with van der Waals surface area (Å²) in [5, 5.41) is 0. The summed E-state index contributed by atoms with van der Waals surface area (Å²) in [6.07, 6.45) is 7.72. The lowest BCUT2D eigenvalue weighted by molar-refractivity contribution is 0.778. The molecular formula is C15H26S. The van der Waals surface area contributed by atoms with Gasteiger partial charge in [0.25, 0.3) is 0 Å². The van der Waals surface area contributed by atoms with Crippen LogP contribution in [0.25, 0.3) is 0 Å². The van der Waals surface area contributed by atoms with Crippen LogP contribution in [0.15, 0.2) is 36.5 Å². The first-order valence-corrected chi connectivity index (χ1v) is 6.84. The zero-order valence-electron chi connectivity index (χ0n) is 10.7. The highest BCUT2D eigenvalue weighted by Crippen LogP contribution is 2.19. The van der Waals surface area contributed by atoms with Crippen LogP contribution in [0, 0.1) is 0 Å².